The number of hydrogen-bond donors (Lipinski definition) is 2. The predicted octanol–water partition coefficient (Wildman–Crippen LogP) is 4.01. The quantitative estimate of drug-likeness (QED) is 0.798. The molecule has 0 radical (unpaired) electrons. The summed E-state index contributed by atoms with van der Waals surface area (Å²) in [4.78, 5) is 10.7. The summed E-state index contributed by atoms with van der Waals surface area (Å²) in [6.07, 6.45) is 0. The van der Waals surface area contributed by atoms with E-state index in [-0.39, 0.29) is 5.69 Å². The molecule has 98 valence electrons. The van der Waals surface area contributed by atoms with Crippen LogP contribution in [0.3, 0.4) is 0 Å². The largest absolute Gasteiger partial charge is 0.478 e. The van der Waals surface area contributed by atoms with Crippen LogP contribution < -0.4 is 5.32 Å². The molecule has 0 aromatic heterocycles. The summed E-state index contributed by atoms with van der Waals surface area (Å²) in [6.45, 7) is 0. The van der Waals surface area contributed by atoms with Crippen molar-refractivity contribution in [3.05, 3.63) is 57.2 Å². The van der Waals surface area contributed by atoms with Crippen LogP contribution in [0, 0.1) is 15.2 Å². The van der Waals surface area contributed by atoms with Gasteiger partial charge in [-0.15, -0.1) is 0 Å². The third-order valence-electron chi connectivity index (χ3n) is 2.38. The molecule has 0 aliphatic rings. The van der Waals surface area contributed by atoms with Gasteiger partial charge in [0.05, 0.1) is 5.56 Å². The van der Waals surface area contributed by atoms with E-state index in [1.54, 1.807) is 18.2 Å². The fourth-order valence-electron chi connectivity index (χ4n) is 1.53. The highest BCUT2D eigenvalue weighted by Gasteiger charge is 2.14. The molecule has 0 heterocycles. The Labute approximate surface area is 121 Å². The molecule has 19 heavy (non-hydrogen) atoms. The number of aromatic carboxylic acids is 1. The van der Waals surface area contributed by atoms with Gasteiger partial charge in [-0.2, -0.15) is 0 Å². The molecule has 0 saturated heterocycles. The lowest BCUT2D eigenvalue weighted by atomic mass is 10.2. The molecule has 2 N–H and O–H groups in total. The minimum absolute atomic E-state index is 0.369. The maximum absolute atomic E-state index is 13.7. The molecule has 0 aliphatic carbocycles. The molecule has 6 heteroatoms. The summed E-state index contributed by atoms with van der Waals surface area (Å²) in [5.74, 6) is -3.27. The van der Waals surface area contributed by atoms with Crippen molar-refractivity contribution in [2.45, 2.75) is 0 Å². The summed E-state index contributed by atoms with van der Waals surface area (Å²) in [5, 5.41) is 11.3. The molecule has 0 amide bonds. The fourth-order valence-corrected chi connectivity index (χ4v) is 2.07. The van der Waals surface area contributed by atoms with Gasteiger partial charge in [-0.3, -0.25) is 0 Å². The van der Waals surface area contributed by atoms with Crippen LogP contribution in [-0.2, 0) is 0 Å². The van der Waals surface area contributed by atoms with Gasteiger partial charge in [0.1, 0.15) is 5.69 Å². The number of benzene rings is 2. The molecular formula is C13H8F2INO2. The highest BCUT2D eigenvalue weighted by atomic mass is 127. The highest BCUT2D eigenvalue weighted by Crippen LogP contribution is 2.25. The lowest BCUT2D eigenvalue weighted by molar-refractivity contribution is 0.0696. The number of anilines is 2. The first-order valence-electron chi connectivity index (χ1n) is 5.22. The zero-order valence-electron chi connectivity index (χ0n) is 9.45. The minimum atomic E-state index is -1.38. The van der Waals surface area contributed by atoms with Gasteiger partial charge < -0.3 is 10.4 Å². The fraction of sp³-hybridized carbons (Fsp3) is 0. The van der Waals surface area contributed by atoms with Gasteiger partial charge in [-0.05, 0) is 52.9 Å². The number of carbonyl (C=O) groups is 1. The van der Waals surface area contributed by atoms with Crippen molar-refractivity contribution in [2.24, 2.45) is 0 Å². The minimum Gasteiger partial charge on any atom is -0.478 e. The van der Waals surface area contributed by atoms with E-state index in [4.69, 9.17) is 5.11 Å². The SMILES string of the molecule is O=C(O)c1cc(F)c(Nc2cccc(I)c2)c(F)c1. The molecule has 0 aliphatic heterocycles. The lowest BCUT2D eigenvalue weighted by Crippen LogP contribution is -2.03. The van der Waals surface area contributed by atoms with Gasteiger partial charge in [0.15, 0.2) is 11.6 Å². The third-order valence-corrected chi connectivity index (χ3v) is 3.05. The second-order valence-corrected chi connectivity index (χ2v) is 5.00. The summed E-state index contributed by atoms with van der Waals surface area (Å²) in [6, 6.07) is 8.51. The monoisotopic (exact) mass is 375 g/mol. The number of nitrogens with one attached hydrogen (secondary N) is 1. The van der Waals surface area contributed by atoms with Crippen LogP contribution in [0.2, 0.25) is 0 Å². The Bertz CT molecular complexity index is 623. The van der Waals surface area contributed by atoms with E-state index < -0.39 is 23.2 Å². The van der Waals surface area contributed by atoms with Crippen LogP contribution in [0.1, 0.15) is 10.4 Å². The van der Waals surface area contributed by atoms with Crippen molar-refractivity contribution in [3.8, 4) is 0 Å². The first kappa shape index (κ1) is 13.7. The van der Waals surface area contributed by atoms with E-state index in [0.717, 1.165) is 15.7 Å². The molecule has 0 saturated carbocycles. The zero-order chi connectivity index (χ0) is 14.0. The lowest BCUT2D eigenvalue weighted by Gasteiger charge is -2.10. The number of rotatable bonds is 3. The van der Waals surface area contributed by atoms with Gasteiger partial charge in [-0.1, -0.05) is 6.07 Å². The Morgan fingerprint density at radius 1 is 1.16 bits per heavy atom. The Kier molecular flexibility index (Phi) is 3.98. The zero-order valence-corrected chi connectivity index (χ0v) is 11.6. The molecule has 0 atom stereocenters. The smallest absolute Gasteiger partial charge is 0.335 e. The molecule has 2 rings (SSSR count). The van der Waals surface area contributed by atoms with Crippen molar-refractivity contribution in [2.75, 3.05) is 5.32 Å². The summed E-state index contributed by atoms with van der Waals surface area (Å²) >= 11 is 2.07. The maximum Gasteiger partial charge on any atom is 0.335 e. The number of carboxylic acids is 1. The Hall–Kier alpha value is -1.70. The third kappa shape index (κ3) is 3.19. The van der Waals surface area contributed by atoms with E-state index in [9.17, 15) is 13.6 Å². The second-order valence-electron chi connectivity index (χ2n) is 3.76. The van der Waals surface area contributed by atoms with E-state index in [0.29, 0.717) is 5.69 Å². The van der Waals surface area contributed by atoms with E-state index in [1.165, 1.54) is 0 Å². The van der Waals surface area contributed by atoms with Crippen LogP contribution in [0.25, 0.3) is 0 Å². The number of halogens is 3. The molecule has 0 bridgehead atoms. The van der Waals surface area contributed by atoms with Crippen LogP contribution in [-0.4, -0.2) is 11.1 Å². The normalized spacial score (nSPS) is 10.3. The predicted molar refractivity (Wildman–Crippen MR) is 75.8 cm³/mol. The molecule has 0 unspecified atom stereocenters. The second kappa shape index (κ2) is 5.52. The first-order valence-corrected chi connectivity index (χ1v) is 6.30. The molecule has 2 aromatic carbocycles. The summed E-state index contributed by atoms with van der Waals surface area (Å²) in [5.41, 5.74) is -0.275. The van der Waals surface area contributed by atoms with Gasteiger partial charge in [-0.25, -0.2) is 13.6 Å². The molecule has 0 fully saturated rings. The van der Waals surface area contributed by atoms with E-state index >= 15 is 0 Å². The van der Waals surface area contributed by atoms with Crippen molar-refractivity contribution in [1.82, 2.24) is 0 Å². The summed E-state index contributed by atoms with van der Waals surface area (Å²) in [7, 11) is 0. The highest BCUT2D eigenvalue weighted by molar-refractivity contribution is 14.1. The van der Waals surface area contributed by atoms with Crippen LogP contribution in [0.15, 0.2) is 36.4 Å². The number of hydrogen-bond acceptors (Lipinski definition) is 2. The topological polar surface area (TPSA) is 49.3 Å². The van der Waals surface area contributed by atoms with Crippen molar-refractivity contribution in [3.63, 3.8) is 0 Å². The van der Waals surface area contributed by atoms with Crippen LogP contribution >= 0.6 is 22.6 Å². The summed E-state index contributed by atoms with van der Waals surface area (Å²) < 4.78 is 28.3. The van der Waals surface area contributed by atoms with Gasteiger partial charge in [0.2, 0.25) is 0 Å². The Balaban J connectivity index is 2.38. The molecule has 3 nitrogen and oxygen atoms in total. The average Bonchev–Trinajstić information content (AvgIpc) is 2.33. The molecule has 0 spiro atoms. The first-order chi connectivity index (χ1) is 8.97. The Morgan fingerprint density at radius 3 is 2.32 bits per heavy atom. The van der Waals surface area contributed by atoms with E-state index in [2.05, 4.69) is 27.9 Å². The number of carboxylic acid groups (broad SMARTS) is 1. The van der Waals surface area contributed by atoms with Gasteiger partial charge in [0.25, 0.3) is 0 Å². The van der Waals surface area contributed by atoms with Crippen LogP contribution in [0.4, 0.5) is 20.2 Å². The molecule has 2 aromatic rings. The maximum atomic E-state index is 13.7. The van der Waals surface area contributed by atoms with Crippen molar-refractivity contribution in [1.29, 1.82) is 0 Å². The Morgan fingerprint density at radius 2 is 1.79 bits per heavy atom. The van der Waals surface area contributed by atoms with Gasteiger partial charge >= 0.3 is 5.97 Å². The van der Waals surface area contributed by atoms with E-state index in [1.807, 2.05) is 6.07 Å². The van der Waals surface area contributed by atoms with Gasteiger partial charge in [0, 0.05) is 9.26 Å². The molecular weight excluding hydrogens is 367 g/mol. The average molecular weight is 375 g/mol. The standard InChI is InChI=1S/C13H8F2INO2/c14-10-4-7(13(18)19)5-11(15)12(10)17-9-3-1-2-8(16)6-9/h1-6,17H,(H,18,19). The van der Waals surface area contributed by atoms with Crippen molar-refractivity contribution >= 4 is 39.9 Å². The van der Waals surface area contributed by atoms with Crippen molar-refractivity contribution < 1.29 is 18.7 Å². The van der Waals surface area contributed by atoms with Crippen LogP contribution in [0.5, 0.6) is 0 Å².